The maximum Gasteiger partial charge on any atom is 0.270 e. The first-order valence-electron chi connectivity index (χ1n) is 7.14. The number of carbonyl (C=O) groups is 1. The van der Waals surface area contributed by atoms with Crippen molar-refractivity contribution < 1.29 is 9.90 Å². The summed E-state index contributed by atoms with van der Waals surface area (Å²) in [6.45, 7) is 5.47. The summed E-state index contributed by atoms with van der Waals surface area (Å²) in [5, 5.41) is 10.5. The summed E-state index contributed by atoms with van der Waals surface area (Å²) in [6.07, 6.45) is 0.456. The molecule has 1 N–H and O–H groups in total. The van der Waals surface area contributed by atoms with Crippen LogP contribution in [0.5, 0.6) is 0 Å². The number of piperazine rings is 1. The number of carbonyl (C=O) groups excluding carboxylic acids is 1. The van der Waals surface area contributed by atoms with E-state index in [9.17, 15) is 9.90 Å². The Morgan fingerprint density at radius 1 is 1.33 bits per heavy atom. The summed E-state index contributed by atoms with van der Waals surface area (Å²) in [6, 6.07) is 1.61. The van der Waals surface area contributed by atoms with Gasteiger partial charge in [0, 0.05) is 39.8 Å². The molecule has 0 bridgehead atoms. The molecule has 1 saturated heterocycles. The van der Waals surface area contributed by atoms with Gasteiger partial charge in [-0.3, -0.25) is 9.69 Å². The summed E-state index contributed by atoms with van der Waals surface area (Å²) in [7, 11) is 1.73. The van der Waals surface area contributed by atoms with Crippen LogP contribution in [0.4, 0.5) is 0 Å². The number of halogens is 2. The minimum atomic E-state index is -0.294. The fourth-order valence-corrected chi connectivity index (χ4v) is 2.85. The van der Waals surface area contributed by atoms with Gasteiger partial charge in [-0.15, -0.1) is 0 Å². The largest absolute Gasteiger partial charge is 0.392 e. The van der Waals surface area contributed by atoms with E-state index < -0.39 is 0 Å². The van der Waals surface area contributed by atoms with Gasteiger partial charge in [-0.1, -0.05) is 30.1 Å². The highest BCUT2D eigenvalue weighted by molar-refractivity contribution is 6.41. The van der Waals surface area contributed by atoms with Crippen LogP contribution in [0.1, 0.15) is 23.8 Å². The third-order valence-electron chi connectivity index (χ3n) is 3.94. The number of amides is 1. The van der Waals surface area contributed by atoms with Crippen LogP contribution in [-0.2, 0) is 7.05 Å². The maximum atomic E-state index is 12.5. The fraction of sp³-hybridized carbons (Fsp3) is 0.643. The van der Waals surface area contributed by atoms with Gasteiger partial charge in [0.25, 0.3) is 5.91 Å². The lowest BCUT2D eigenvalue weighted by Crippen LogP contribution is -2.50. The lowest BCUT2D eigenvalue weighted by Gasteiger charge is -2.35. The molecule has 0 radical (unpaired) electrons. The normalized spacial score (nSPS) is 18.0. The second kappa shape index (κ2) is 7.01. The second-order valence-corrected chi connectivity index (χ2v) is 6.15. The Labute approximate surface area is 135 Å². The van der Waals surface area contributed by atoms with Crippen molar-refractivity contribution in [3.05, 3.63) is 21.9 Å². The smallest absolute Gasteiger partial charge is 0.270 e. The molecule has 0 aromatic carbocycles. The van der Waals surface area contributed by atoms with E-state index in [1.165, 1.54) is 0 Å². The maximum absolute atomic E-state index is 12.5. The van der Waals surface area contributed by atoms with E-state index in [-0.39, 0.29) is 12.0 Å². The van der Waals surface area contributed by atoms with Crippen molar-refractivity contribution in [2.45, 2.75) is 19.4 Å². The number of rotatable bonds is 4. The van der Waals surface area contributed by atoms with Gasteiger partial charge < -0.3 is 14.6 Å². The van der Waals surface area contributed by atoms with Crippen molar-refractivity contribution in [1.29, 1.82) is 0 Å². The highest BCUT2D eigenvalue weighted by Crippen LogP contribution is 2.26. The summed E-state index contributed by atoms with van der Waals surface area (Å²) in [5.74, 6) is -0.0537. The number of aromatic nitrogens is 1. The highest BCUT2D eigenvalue weighted by atomic mass is 35.5. The van der Waals surface area contributed by atoms with Gasteiger partial charge in [0.15, 0.2) is 0 Å². The zero-order valence-electron chi connectivity index (χ0n) is 12.4. The fourth-order valence-electron chi connectivity index (χ4n) is 2.47. The van der Waals surface area contributed by atoms with E-state index in [2.05, 4.69) is 4.90 Å². The average Bonchev–Trinajstić information content (AvgIpc) is 2.75. The van der Waals surface area contributed by atoms with Crippen LogP contribution in [0.3, 0.4) is 0 Å². The third kappa shape index (κ3) is 3.72. The van der Waals surface area contributed by atoms with Gasteiger partial charge >= 0.3 is 0 Å². The number of aliphatic hydroxyl groups is 1. The van der Waals surface area contributed by atoms with Gasteiger partial charge in [-0.05, 0) is 12.5 Å². The SMILES string of the molecule is CC[C@H](O)CN1CCN(C(=O)c2cc(Cl)c(Cl)n2C)CC1. The van der Waals surface area contributed by atoms with Gasteiger partial charge in [-0.2, -0.15) is 0 Å². The molecule has 2 rings (SSSR count). The highest BCUT2D eigenvalue weighted by Gasteiger charge is 2.25. The van der Waals surface area contributed by atoms with E-state index in [1.807, 2.05) is 6.92 Å². The Morgan fingerprint density at radius 3 is 2.43 bits per heavy atom. The molecule has 1 fully saturated rings. The number of hydrogen-bond donors (Lipinski definition) is 1. The first-order valence-corrected chi connectivity index (χ1v) is 7.90. The average molecular weight is 334 g/mol. The molecule has 1 aromatic heterocycles. The van der Waals surface area contributed by atoms with E-state index in [1.54, 1.807) is 22.6 Å². The van der Waals surface area contributed by atoms with Crippen molar-refractivity contribution in [1.82, 2.24) is 14.4 Å². The molecule has 0 unspecified atom stereocenters. The first-order chi connectivity index (χ1) is 9.93. The monoisotopic (exact) mass is 333 g/mol. The molecule has 2 heterocycles. The Balaban J connectivity index is 1.95. The van der Waals surface area contributed by atoms with Crippen molar-refractivity contribution in [3.63, 3.8) is 0 Å². The molecule has 1 aliphatic heterocycles. The van der Waals surface area contributed by atoms with Crippen LogP contribution < -0.4 is 0 Å². The van der Waals surface area contributed by atoms with Gasteiger partial charge in [0.2, 0.25) is 0 Å². The molecule has 1 aliphatic rings. The van der Waals surface area contributed by atoms with Crippen LogP contribution in [0.2, 0.25) is 10.2 Å². The molecule has 118 valence electrons. The molecule has 7 heteroatoms. The summed E-state index contributed by atoms with van der Waals surface area (Å²) in [4.78, 5) is 16.5. The molecule has 1 aromatic rings. The van der Waals surface area contributed by atoms with Crippen LogP contribution >= 0.6 is 23.2 Å². The molecular formula is C14H21Cl2N3O2. The molecular weight excluding hydrogens is 313 g/mol. The summed E-state index contributed by atoms with van der Waals surface area (Å²) >= 11 is 12.0. The predicted octanol–water partition coefficient (Wildman–Crippen LogP) is 1.86. The summed E-state index contributed by atoms with van der Waals surface area (Å²) in [5.41, 5.74) is 0.507. The van der Waals surface area contributed by atoms with Crippen LogP contribution in [0.25, 0.3) is 0 Å². The van der Waals surface area contributed by atoms with E-state index in [4.69, 9.17) is 23.2 Å². The van der Waals surface area contributed by atoms with Gasteiger partial charge in [0.05, 0.1) is 11.1 Å². The molecule has 0 saturated carbocycles. The summed E-state index contributed by atoms with van der Waals surface area (Å²) < 4.78 is 1.61. The van der Waals surface area contributed by atoms with E-state index in [0.29, 0.717) is 35.5 Å². The topological polar surface area (TPSA) is 48.7 Å². The first kappa shape index (κ1) is 16.6. The van der Waals surface area contributed by atoms with E-state index in [0.717, 1.165) is 19.5 Å². The number of β-amino-alcohol motifs (C(OH)–C–C–N with tert-alkyl or cyclic N) is 1. The van der Waals surface area contributed by atoms with Crippen LogP contribution in [0, 0.1) is 0 Å². The molecule has 1 amide bonds. The Morgan fingerprint density at radius 2 is 1.95 bits per heavy atom. The molecule has 0 spiro atoms. The molecule has 21 heavy (non-hydrogen) atoms. The second-order valence-electron chi connectivity index (χ2n) is 5.38. The number of hydrogen-bond acceptors (Lipinski definition) is 3. The molecule has 1 atom stereocenters. The van der Waals surface area contributed by atoms with Crippen molar-refractivity contribution in [2.75, 3.05) is 32.7 Å². The van der Waals surface area contributed by atoms with Gasteiger partial charge in [0.1, 0.15) is 10.8 Å². The molecule has 5 nitrogen and oxygen atoms in total. The Bertz CT molecular complexity index is 511. The van der Waals surface area contributed by atoms with Crippen LogP contribution in [0.15, 0.2) is 6.07 Å². The zero-order chi connectivity index (χ0) is 15.6. The zero-order valence-corrected chi connectivity index (χ0v) is 13.9. The Hall–Kier alpha value is -0.750. The lowest BCUT2D eigenvalue weighted by atomic mass is 10.2. The van der Waals surface area contributed by atoms with Crippen LogP contribution in [-0.4, -0.2) is 64.2 Å². The Kier molecular flexibility index (Phi) is 5.54. The van der Waals surface area contributed by atoms with Crippen molar-refractivity contribution in [2.24, 2.45) is 7.05 Å². The lowest BCUT2D eigenvalue weighted by molar-refractivity contribution is 0.0516. The third-order valence-corrected chi connectivity index (χ3v) is 4.78. The van der Waals surface area contributed by atoms with Crippen molar-refractivity contribution in [3.8, 4) is 0 Å². The number of nitrogens with zero attached hydrogens (tertiary/aromatic N) is 3. The van der Waals surface area contributed by atoms with E-state index >= 15 is 0 Å². The number of aliphatic hydroxyl groups excluding tert-OH is 1. The van der Waals surface area contributed by atoms with Crippen molar-refractivity contribution >= 4 is 29.1 Å². The standard InChI is InChI=1S/C14H21Cl2N3O2/c1-3-10(20)9-18-4-6-19(7-5-18)14(21)12-8-11(15)13(16)17(12)2/h8,10,20H,3-7,9H2,1-2H3/t10-/m0/s1. The minimum Gasteiger partial charge on any atom is -0.392 e. The molecule has 0 aliphatic carbocycles. The predicted molar refractivity (Wildman–Crippen MR) is 84.1 cm³/mol. The van der Waals surface area contributed by atoms with Gasteiger partial charge in [-0.25, -0.2) is 0 Å². The quantitative estimate of drug-likeness (QED) is 0.914. The minimum absolute atomic E-state index is 0.0537.